The maximum absolute atomic E-state index is 12.9. The molecule has 0 atom stereocenters. The van der Waals surface area contributed by atoms with Gasteiger partial charge in [0.05, 0.1) is 11.9 Å². The lowest BCUT2D eigenvalue weighted by Gasteiger charge is -2.11. The molecule has 0 spiro atoms. The van der Waals surface area contributed by atoms with Gasteiger partial charge in [-0.2, -0.15) is 0 Å². The van der Waals surface area contributed by atoms with Crippen molar-refractivity contribution in [3.63, 3.8) is 0 Å². The van der Waals surface area contributed by atoms with E-state index >= 15 is 0 Å². The highest BCUT2D eigenvalue weighted by Gasteiger charge is 2.17. The second-order valence-corrected chi connectivity index (χ2v) is 7.50. The van der Waals surface area contributed by atoms with Gasteiger partial charge in [-0.05, 0) is 38.1 Å². The monoisotopic (exact) mass is 428 g/mol. The van der Waals surface area contributed by atoms with Crippen LogP contribution < -0.4 is 10.7 Å². The number of hydrogen-bond acceptors (Lipinski definition) is 6. The second-order valence-electron chi connectivity index (χ2n) is 7.50. The summed E-state index contributed by atoms with van der Waals surface area (Å²) in [4.78, 5) is 30.1. The fourth-order valence-corrected chi connectivity index (χ4v) is 3.64. The standard InChI is InChI=1S/C24H20N4O4/c1-3-28-13-18(22(29)17-9-8-14(2)26-23(17)28)24(30)25-12-16-11-21(32-27-16)20-10-15-6-4-5-7-19(15)31-20/h4-11,13H,3,12H2,1-2H3,(H,25,30). The molecule has 1 amide bonds. The van der Waals surface area contributed by atoms with Gasteiger partial charge in [0.15, 0.2) is 5.76 Å². The molecule has 1 aromatic carbocycles. The van der Waals surface area contributed by atoms with Crippen LogP contribution in [0.4, 0.5) is 0 Å². The van der Waals surface area contributed by atoms with Gasteiger partial charge in [-0.3, -0.25) is 9.59 Å². The molecular weight excluding hydrogens is 408 g/mol. The number of nitrogens with one attached hydrogen (secondary N) is 1. The SMILES string of the molecule is CCn1cc(C(=O)NCc2cc(-c3cc4ccccc4o3)on2)c(=O)c2ccc(C)nc21. The fraction of sp³-hybridized carbons (Fsp3) is 0.167. The van der Waals surface area contributed by atoms with Gasteiger partial charge in [0, 0.05) is 29.9 Å². The normalized spacial score (nSPS) is 11.3. The average molecular weight is 428 g/mol. The minimum atomic E-state index is -0.479. The van der Waals surface area contributed by atoms with Crippen molar-refractivity contribution in [2.75, 3.05) is 0 Å². The molecule has 0 radical (unpaired) electrons. The Morgan fingerprint density at radius 3 is 2.78 bits per heavy atom. The zero-order valence-corrected chi connectivity index (χ0v) is 17.6. The summed E-state index contributed by atoms with van der Waals surface area (Å²) in [5.74, 6) is 0.540. The Labute approximate surface area is 182 Å². The average Bonchev–Trinajstić information content (AvgIpc) is 3.44. The third-order valence-electron chi connectivity index (χ3n) is 5.30. The Hall–Kier alpha value is -4.20. The van der Waals surface area contributed by atoms with Gasteiger partial charge in [-0.1, -0.05) is 23.4 Å². The molecule has 8 nitrogen and oxygen atoms in total. The molecule has 8 heteroatoms. The number of fused-ring (bicyclic) bond motifs is 2. The van der Waals surface area contributed by atoms with E-state index < -0.39 is 5.91 Å². The minimum Gasteiger partial charge on any atom is -0.453 e. The van der Waals surface area contributed by atoms with E-state index in [1.165, 1.54) is 0 Å². The predicted molar refractivity (Wildman–Crippen MR) is 119 cm³/mol. The van der Waals surface area contributed by atoms with Crippen LogP contribution in [0.2, 0.25) is 0 Å². The number of rotatable bonds is 5. The van der Waals surface area contributed by atoms with Gasteiger partial charge in [-0.15, -0.1) is 0 Å². The summed E-state index contributed by atoms with van der Waals surface area (Å²) in [5, 5.41) is 8.13. The number of aromatic nitrogens is 3. The van der Waals surface area contributed by atoms with Crippen molar-refractivity contribution >= 4 is 27.9 Å². The topological polar surface area (TPSA) is 103 Å². The van der Waals surface area contributed by atoms with Crippen LogP contribution >= 0.6 is 0 Å². The number of para-hydroxylation sites is 1. The van der Waals surface area contributed by atoms with E-state index in [4.69, 9.17) is 8.94 Å². The number of furan rings is 1. The molecule has 0 aliphatic rings. The number of pyridine rings is 2. The maximum atomic E-state index is 12.9. The Morgan fingerprint density at radius 2 is 1.97 bits per heavy atom. The zero-order valence-electron chi connectivity index (χ0n) is 17.6. The molecule has 5 aromatic rings. The van der Waals surface area contributed by atoms with Gasteiger partial charge < -0.3 is 18.8 Å². The van der Waals surface area contributed by atoms with E-state index in [0.717, 1.165) is 16.7 Å². The smallest absolute Gasteiger partial charge is 0.257 e. The maximum Gasteiger partial charge on any atom is 0.257 e. The number of benzene rings is 1. The largest absolute Gasteiger partial charge is 0.453 e. The van der Waals surface area contributed by atoms with Crippen molar-refractivity contribution in [2.45, 2.75) is 26.9 Å². The number of carbonyl (C=O) groups excluding carboxylic acids is 1. The van der Waals surface area contributed by atoms with Crippen molar-refractivity contribution in [1.82, 2.24) is 20.0 Å². The lowest BCUT2D eigenvalue weighted by atomic mass is 10.1. The summed E-state index contributed by atoms with van der Waals surface area (Å²) in [6.07, 6.45) is 1.55. The van der Waals surface area contributed by atoms with E-state index in [1.54, 1.807) is 29.0 Å². The van der Waals surface area contributed by atoms with Gasteiger partial charge >= 0.3 is 0 Å². The summed E-state index contributed by atoms with van der Waals surface area (Å²) in [6, 6.07) is 14.7. The third-order valence-corrected chi connectivity index (χ3v) is 5.30. The predicted octanol–water partition coefficient (Wildman–Crippen LogP) is 4.06. The Bertz CT molecular complexity index is 1490. The van der Waals surface area contributed by atoms with Crippen molar-refractivity contribution < 1.29 is 13.7 Å². The molecule has 1 N–H and O–H groups in total. The van der Waals surface area contributed by atoms with Crippen molar-refractivity contribution in [3.05, 3.63) is 81.9 Å². The molecule has 5 rings (SSSR count). The van der Waals surface area contributed by atoms with Crippen LogP contribution in [-0.4, -0.2) is 20.6 Å². The Kier molecular flexibility index (Phi) is 4.82. The summed E-state index contributed by atoms with van der Waals surface area (Å²) in [7, 11) is 0. The van der Waals surface area contributed by atoms with Crippen molar-refractivity contribution in [3.8, 4) is 11.5 Å². The summed E-state index contributed by atoms with van der Waals surface area (Å²) in [6.45, 7) is 4.49. The van der Waals surface area contributed by atoms with Crippen LogP contribution in [-0.2, 0) is 13.1 Å². The molecule has 4 aromatic heterocycles. The fourth-order valence-electron chi connectivity index (χ4n) is 3.64. The van der Waals surface area contributed by atoms with Crippen molar-refractivity contribution in [1.29, 1.82) is 0 Å². The van der Waals surface area contributed by atoms with E-state index in [1.807, 2.05) is 44.2 Å². The number of nitrogens with zero attached hydrogens (tertiary/aromatic N) is 3. The zero-order chi connectivity index (χ0) is 22.2. The first kappa shape index (κ1) is 19.7. The van der Waals surface area contributed by atoms with E-state index in [-0.39, 0.29) is 17.5 Å². The highest BCUT2D eigenvalue weighted by Crippen LogP contribution is 2.28. The highest BCUT2D eigenvalue weighted by molar-refractivity contribution is 5.96. The van der Waals surface area contributed by atoms with Crippen LogP contribution in [0.25, 0.3) is 33.5 Å². The summed E-state index contributed by atoms with van der Waals surface area (Å²) >= 11 is 0. The first-order chi connectivity index (χ1) is 15.5. The van der Waals surface area contributed by atoms with Crippen LogP contribution in [0.3, 0.4) is 0 Å². The second kappa shape index (κ2) is 7.81. The molecule has 0 aliphatic carbocycles. The van der Waals surface area contributed by atoms with E-state index in [2.05, 4.69) is 15.5 Å². The molecular formula is C24H20N4O4. The van der Waals surface area contributed by atoms with E-state index in [0.29, 0.717) is 34.8 Å². The first-order valence-electron chi connectivity index (χ1n) is 10.3. The highest BCUT2D eigenvalue weighted by atomic mass is 16.5. The number of amides is 1. The molecule has 0 saturated carbocycles. The molecule has 0 aliphatic heterocycles. The van der Waals surface area contributed by atoms with Gasteiger partial charge in [0.1, 0.15) is 22.5 Å². The molecule has 4 heterocycles. The van der Waals surface area contributed by atoms with Crippen LogP contribution in [0.1, 0.15) is 28.7 Å². The van der Waals surface area contributed by atoms with Gasteiger partial charge in [-0.25, -0.2) is 4.98 Å². The van der Waals surface area contributed by atoms with Crippen LogP contribution in [0.5, 0.6) is 0 Å². The van der Waals surface area contributed by atoms with Gasteiger partial charge in [0.2, 0.25) is 11.2 Å². The third kappa shape index (κ3) is 3.45. The van der Waals surface area contributed by atoms with Crippen molar-refractivity contribution in [2.24, 2.45) is 0 Å². The lowest BCUT2D eigenvalue weighted by Crippen LogP contribution is -2.29. The minimum absolute atomic E-state index is 0.0611. The quantitative estimate of drug-likeness (QED) is 0.453. The number of hydrogen-bond donors (Lipinski definition) is 1. The Balaban J connectivity index is 1.37. The Morgan fingerprint density at radius 1 is 1.12 bits per heavy atom. The van der Waals surface area contributed by atoms with Gasteiger partial charge in [0.25, 0.3) is 5.91 Å². The summed E-state index contributed by atoms with van der Waals surface area (Å²) < 4.78 is 13.0. The van der Waals surface area contributed by atoms with Crippen LogP contribution in [0, 0.1) is 6.92 Å². The molecule has 0 bridgehead atoms. The molecule has 32 heavy (non-hydrogen) atoms. The summed E-state index contributed by atoms with van der Waals surface area (Å²) in [5.41, 5.74) is 2.36. The molecule has 160 valence electrons. The lowest BCUT2D eigenvalue weighted by molar-refractivity contribution is 0.0948. The molecule has 0 unspecified atom stereocenters. The van der Waals surface area contributed by atoms with E-state index in [9.17, 15) is 9.59 Å². The molecule has 0 fully saturated rings. The van der Waals surface area contributed by atoms with Crippen LogP contribution in [0.15, 0.2) is 68.5 Å². The number of aryl methyl sites for hydroxylation is 2. The first-order valence-corrected chi connectivity index (χ1v) is 10.3. The molecule has 0 saturated heterocycles. The number of carbonyl (C=O) groups is 1.